The summed E-state index contributed by atoms with van der Waals surface area (Å²) in [6.07, 6.45) is 7.41. The molecule has 1 aliphatic carbocycles. The molecule has 84 valence electrons. The zero-order chi connectivity index (χ0) is 11.7. The van der Waals surface area contributed by atoms with Crippen molar-refractivity contribution in [3.63, 3.8) is 0 Å². The van der Waals surface area contributed by atoms with E-state index in [9.17, 15) is 4.79 Å². The second-order valence-electron chi connectivity index (χ2n) is 4.37. The van der Waals surface area contributed by atoms with E-state index >= 15 is 0 Å². The number of fused-ring (bicyclic) bond motifs is 1. The van der Waals surface area contributed by atoms with Crippen LogP contribution in [0.5, 0.6) is 0 Å². The van der Waals surface area contributed by atoms with Gasteiger partial charge in [-0.05, 0) is 24.1 Å². The molecule has 1 atom stereocenters. The Bertz CT molecular complexity index is 601. The number of carbonyl (C=O) groups excluding carboxylic acids is 1. The lowest BCUT2D eigenvalue weighted by molar-refractivity contribution is -0.119. The molecule has 0 saturated carbocycles. The van der Waals surface area contributed by atoms with Crippen LogP contribution < -0.4 is 0 Å². The number of allylic oxidation sites excluding steroid dienone is 2. The highest BCUT2D eigenvalue weighted by atomic mass is 16.1. The summed E-state index contributed by atoms with van der Waals surface area (Å²) in [4.78, 5) is 16.2. The van der Waals surface area contributed by atoms with E-state index in [0.717, 1.165) is 22.9 Å². The van der Waals surface area contributed by atoms with E-state index in [4.69, 9.17) is 0 Å². The molecule has 1 unspecified atom stereocenters. The first kappa shape index (κ1) is 10.2. The maximum absolute atomic E-state index is 11.9. The summed E-state index contributed by atoms with van der Waals surface area (Å²) in [6, 6.07) is 10.0. The zero-order valence-electron chi connectivity index (χ0n) is 9.47. The predicted molar refractivity (Wildman–Crippen MR) is 67.9 cm³/mol. The van der Waals surface area contributed by atoms with Crippen LogP contribution in [-0.2, 0) is 4.79 Å². The topological polar surface area (TPSA) is 30.0 Å². The van der Waals surface area contributed by atoms with Gasteiger partial charge in [-0.25, -0.2) is 0 Å². The standard InChI is InChI=1S/C15H13NO/c17-15-6-2-1-5-13(15)12-8-7-11-4-3-9-16-14(11)10-12/h1,3-5,7-10,13H,2,6H2. The number of Topliss-reactive ketones (excluding diaryl/α,β-unsaturated/α-hetero) is 1. The lowest BCUT2D eigenvalue weighted by Gasteiger charge is -2.15. The quantitative estimate of drug-likeness (QED) is 0.695. The molecule has 1 heterocycles. The molecule has 0 amide bonds. The number of hydrogen-bond donors (Lipinski definition) is 0. The van der Waals surface area contributed by atoms with Gasteiger partial charge in [0.15, 0.2) is 0 Å². The summed E-state index contributed by atoms with van der Waals surface area (Å²) in [7, 11) is 0. The van der Waals surface area contributed by atoms with Crippen LogP contribution in [-0.4, -0.2) is 10.8 Å². The minimum Gasteiger partial charge on any atom is -0.299 e. The van der Waals surface area contributed by atoms with E-state index in [1.54, 1.807) is 6.20 Å². The monoisotopic (exact) mass is 223 g/mol. The first-order chi connectivity index (χ1) is 8.34. The van der Waals surface area contributed by atoms with E-state index in [2.05, 4.69) is 11.1 Å². The molecule has 0 fully saturated rings. The largest absolute Gasteiger partial charge is 0.299 e. The highest BCUT2D eigenvalue weighted by molar-refractivity contribution is 5.90. The van der Waals surface area contributed by atoms with Crippen LogP contribution >= 0.6 is 0 Å². The molecule has 0 N–H and O–H groups in total. The van der Waals surface area contributed by atoms with Gasteiger partial charge in [-0.2, -0.15) is 0 Å². The Kier molecular flexibility index (Phi) is 2.48. The number of aromatic nitrogens is 1. The van der Waals surface area contributed by atoms with Gasteiger partial charge in [0.1, 0.15) is 5.78 Å². The Morgan fingerprint density at radius 2 is 2.18 bits per heavy atom. The minimum absolute atomic E-state index is 0.0739. The van der Waals surface area contributed by atoms with Gasteiger partial charge in [0.25, 0.3) is 0 Å². The van der Waals surface area contributed by atoms with E-state index in [1.807, 2.05) is 36.4 Å². The normalized spacial score (nSPS) is 19.8. The maximum atomic E-state index is 11.9. The Morgan fingerprint density at radius 3 is 3.06 bits per heavy atom. The highest BCUT2D eigenvalue weighted by Crippen LogP contribution is 2.26. The molecule has 0 bridgehead atoms. The fourth-order valence-corrected chi connectivity index (χ4v) is 2.29. The van der Waals surface area contributed by atoms with Gasteiger partial charge in [-0.15, -0.1) is 0 Å². The van der Waals surface area contributed by atoms with E-state index in [0.29, 0.717) is 12.2 Å². The average Bonchev–Trinajstić information content (AvgIpc) is 2.39. The molecule has 3 rings (SSSR count). The summed E-state index contributed by atoms with van der Waals surface area (Å²) in [6.45, 7) is 0. The molecule has 0 aliphatic heterocycles. The summed E-state index contributed by atoms with van der Waals surface area (Å²) in [5, 5.41) is 1.11. The SMILES string of the molecule is O=C1CCC=CC1c1ccc2cccnc2c1. The number of benzene rings is 1. The highest BCUT2D eigenvalue weighted by Gasteiger charge is 2.19. The molecule has 1 aliphatic rings. The second kappa shape index (κ2) is 4.13. The summed E-state index contributed by atoms with van der Waals surface area (Å²) >= 11 is 0. The van der Waals surface area contributed by atoms with Crippen LogP contribution in [0, 0.1) is 0 Å². The fraction of sp³-hybridized carbons (Fsp3) is 0.200. The van der Waals surface area contributed by atoms with E-state index in [-0.39, 0.29) is 5.92 Å². The van der Waals surface area contributed by atoms with Crippen LogP contribution in [0.2, 0.25) is 0 Å². The molecular formula is C15H13NO. The Morgan fingerprint density at radius 1 is 1.24 bits per heavy atom. The first-order valence-electron chi connectivity index (χ1n) is 5.89. The molecule has 2 aromatic rings. The van der Waals surface area contributed by atoms with Crippen molar-refractivity contribution in [2.75, 3.05) is 0 Å². The van der Waals surface area contributed by atoms with Crippen molar-refractivity contribution >= 4 is 16.7 Å². The second-order valence-corrected chi connectivity index (χ2v) is 4.37. The Labute approximate surface area is 100.0 Å². The molecule has 17 heavy (non-hydrogen) atoms. The van der Waals surface area contributed by atoms with Crippen LogP contribution in [0.15, 0.2) is 48.7 Å². The first-order valence-corrected chi connectivity index (χ1v) is 5.89. The minimum atomic E-state index is -0.0739. The molecule has 1 aromatic heterocycles. The molecule has 2 nitrogen and oxygen atoms in total. The molecule has 0 spiro atoms. The molecular weight excluding hydrogens is 210 g/mol. The van der Waals surface area contributed by atoms with E-state index < -0.39 is 0 Å². The van der Waals surface area contributed by atoms with Crippen molar-refractivity contribution < 1.29 is 4.79 Å². The third kappa shape index (κ3) is 1.86. The van der Waals surface area contributed by atoms with Crippen molar-refractivity contribution in [2.45, 2.75) is 18.8 Å². The van der Waals surface area contributed by atoms with Crippen LogP contribution in [0.25, 0.3) is 10.9 Å². The van der Waals surface area contributed by atoms with Gasteiger partial charge in [0.05, 0.1) is 11.4 Å². The number of carbonyl (C=O) groups is 1. The smallest absolute Gasteiger partial charge is 0.144 e. The summed E-state index contributed by atoms with van der Waals surface area (Å²) < 4.78 is 0. The predicted octanol–water partition coefficient (Wildman–Crippen LogP) is 3.24. The van der Waals surface area contributed by atoms with Crippen molar-refractivity contribution in [3.8, 4) is 0 Å². The van der Waals surface area contributed by atoms with Crippen molar-refractivity contribution in [1.82, 2.24) is 4.98 Å². The van der Waals surface area contributed by atoms with Crippen LogP contribution in [0.1, 0.15) is 24.3 Å². The number of rotatable bonds is 1. The van der Waals surface area contributed by atoms with Crippen LogP contribution in [0.4, 0.5) is 0 Å². The molecule has 0 radical (unpaired) electrons. The molecule has 1 aromatic carbocycles. The molecule has 0 saturated heterocycles. The van der Waals surface area contributed by atoms with Crippen LogP contribution in [0.3, 0.4) is 0 Å². The number of hydrogen-bond acceptors (Lipinski definition) is 2. The van der Waals surface area contributed by atoms with Gasteiger partial charge >= 0.3 is 0 Å². The summed E-state index contributed by atoms with van der Waals surface area (Å²) in [5.41, 5.74) is 2.01. The van der Waals surface area contributed by atoms with Gasteiger partial charge in [-0.1, -0.05) is 30.4 Å². The zero-order valence-corrected chi connectivity index (χ0v) is 9.47. The van der Waals surface area contributed by atoms with Gasteiger partial charge < -0.3 is 0 Å². The van der Waals surface area contributed by atoms with Gasteiger partial charge in [0.2, 0.25) is 0 Å². The molecule has 2 heteroatoms. The number of nitrogens with zero attached hydrogens (tertiary/aromatic N) is 1. The average molecular weight is 223 g/mol. The van der Waals surface area contributed by atoms with Gasteiger partial charge in [0, 0.05) is 18.0 Å². The maximum Gasteiger partial charge on any atom is 0.144 e. The van der Waals surface area contributed by atoms with Crippen molar-refractivity contribution in [1.29, 1.82) is 0 Å². The van der Waals surface area contributed by atoms with Crippen molar-refractivity contribution in [3.05, 3.63) is 54.2 Å². The summed E-state index contributed by atoms with van der Waals surface area (Å²) in [5.74, 6) is 0.234. The van der Waals surface area contributed by atoms with Gasteiger partial charge in [-0.3, -0.25) is 9.78 Å². The third-order valence-corrected chi connectivity index (χ3v) is 3.22. The van der Waals surface area contributed by atoms with E-state index in [1.165, 1.54) is 0 Å². The lowest BCUT2D eigenvalue weighted by atomic mass is 9.88. The Hall–Kier alpha value is -1.96. The lowest BCUT2D eigenvalue weighted by Crippen LogP contribution is -2.12. The fourth-order valence-electron chi connectivity index (χ4n) is 2.29. The third-order valence-electron chi connectivity index (χ3n) is 3.22. The number of pyridine rings is 1. The number of ketones is 1. The Balaban J connectivity index is 2.08. The van der Waals surface area contributed by atoms with Crippen molar-refractivity contribution in [2.24, 2.45) is 0 Å².